The minimum absolute atomic E-state index is 0.118. The monoisotopic (exact) mass is 475 g/mol. The molecule has 0 radical (unpaired) electrons. The summed E-state index contributed by atoms with van der Waals surface area (Å²) in [6.45, 7) is 10.00. The summed E-state index contributed by atoms with van der Waals surface area (Å²) < 4.78 is 3.56. The number of para-hydroxylation sites is 2. The van der Waals surface area contributed by atoms with Gasteiger partial charge < -0.3 is 4.90 Å². The number of piperidine rings is 1. The van der Waals surface area contributed by atoms with Crippen LogP contribution in [0.2, 0.25) is 0 Å². The molecule has 176 valence electrons. The summed E-state index contributed by atoms with van der Waals surface area (Å²) in [6, 6.07) is 13.5. The zero-order valence-electron chi connectivity index (χ0n) is 20.0. The molecule has 1 saturated heterocycles. The minimum atomic E-state index is -0.128. The van der Waals surface area contributed by atoms with Gasteiger partial charge in [-0.2, -0.15) is 0 Å². The van der Waals surface area contributed by atoms with Crippen molar-refractivity contribution in [3.05, 3.63) is 63.9 Å². The van der Waals surface area contributed by atoms with Gasteiger partial charge in [0, 0.05) is 13.1 Å². The Morgan fingerprint density at radius 3 is 2.38 bits per heavy atom. The van der Waals surface area contributed by atoms with Crippen molar-refractivity contribution in [2.24, 2.45) is 11.8 Å². The Balaban J connectivity index is 1.60. The molecule has 0 N–H and O–H groups in total. The van der Waals surface area contributed by atoms with Crippen LogP contribution in [-0.4, -0.2) is 48.8 Å². The van der Waals surface area contributed by atoms with Crippen LogP contribution < -0.4 is 5.56 Å². The Kier molecular flexibility index (Phi) is 5.93. The van der Waals surface area contributed by atoms with Gasteiger partial charge in [0.15, 0.2) is 5.16 Å². The maximum Gasteiger partial charge on any atom is 0.267 e. The Labute approximate surface area is 202 Å². The van der Waals surface area contributed by atoms with Crippen LogP contribution in [0, 0.1) is 25.7 Å². The van der Waals surface area contributed by atoms with E-state index < -0.39 is 0 Å². The molecule has 1 amide bonds. The number of thioether (sulfide) groups is 1. The summed E-state index contributed by atoms with van der Waals surface area (Å²) >= 11 is 1.38. The van der Waals surface area contributed by atoms with Crippen molar-refractivity contribution in [2.45, 2.75) is 39.3 Å². The molecule has 0 aliphatic carbocycles. The maximum atomic E-state index is 13.6. The highest BCUT2D eigenvalue weighted by Gasteiger charge is 2.26. The molecule has 8 heteroatoms. The van der Waals surface area contributed by atoms with Crippen LogP contribution in [0.4, 0.5) is 0 Å². The second kappa shape index (κ2) is 8.91. The van der Waals surface area contributed by atoms with Crippen molar-refractivity contribution < 1.29 is 4.79 Å². The van der Waals surface area contributed by atoms with Crippen molar-refractivity contribution in [3.63, 3.8) is 0 Å². The lowest BCUT2D eigenvalue weighted by Gasteiger charge is -2.34. The standard InChI is InChI=1S/C26H29N5O2S/c1-16-12-17(2)14-29(13-16)22(32)15-34-26-28-27-25-30(26)21-11-6-5-10-20(21)24(33)31(25)23-18(3)8-7-9-19(23)4/h5-11,16-17H,12-15H2,1-4H3. The van der Waals surface area contributed by atoms with Crippen LogP contribution in [0.3, 0.4) is 0 Å². The first kappa shape index (κ1) is 22.7. The molecule has 5 rings (SSSR count). The van der Waals surface area contributed by atoms with Gasteiger partial charge in [-0.15, -0.1) is 10.2 Å². The van der Waals surface area contributed by atoms with E-state index in [2.05, 4.69) is 24.0 Å². The van der Waals surface area contributed by atoms with Gasteiger partial charge in [0.05, 0.1) is 22.3 Å². The predicted molar refractivity (Wildman–Crippen MR) is 136 cm³/mol. The summed E-state index contributed by atoms with van der Waals surface area (Å²) in [5.41, 5.74) is 3.40. The van der Waals surface area contributed by atoms with E-state index in [-0.39, 0.29) is 17.2 Å². The fourth-order valence-corrected chi connectivity index (χ4v) is 6.06. The fraction of sp³-hybridized carbons (Fsp3) is 0.385. The Bertz CT molecular complexity index is 1430. The van der Waals surface area contributed by atoms with E-state index in [0.29, 0.717) is 28.2 Å². The number of rotatable bonds is 4. The number of carbonyl (C=O) groups excluding carboxylic acids is 1. The molecular weight excluding hydrogens is 446 g/mol. The number of aromatic nitrogens is 4. The molecule has 1 aliphatic heterocycles. The van der Waals surface area contributed by atoms with E-state index in [1.165, 1.54) is 11.8 Å². The maximum absolute atomic E-state index is 13.6. The van der Waals surface area contributed by atoms with Crippen LogP contribution >= 0.6 is 11.8 Å². The summed E-state index contributed by atoms with van der Waals surface area (Å²) in [5, 5.41) is 10.1. The van der Waals surface area contributed by atoms with Crippen LogP contribution in [0.15, 0.2) is 52.4 Å². The van der Waals surface area contributed by atoms with E-state index >= 15 is 0 Å². The van der Waals surface area contributed by atoms with Crippen molar-refractivity contribution in [1.29, 1.82) is 0 Å². The summed E-state index contributed by atoms with van der Waals surface area (Å²) in [5.74, 6) is 1.89. The lowest BCUT2D eigenvalue weighted by atomic mass is 9.92. The lowest BCUT2D eigenvalue weighted by Crippen LogP contribution is -2.43. The summed E-state index contributed by atoms with van der Waals surface area (Å²) in [4.78, 5) is 28.6. The Morgan fingerprint density at radius 2 is 1.68 bits per heavy atom. The lowest BCUT2D eigenvalue weighted by molar-refractivity contribution is -0.130. The third-order valence-electron chi connectivity index (χ3n) is 6.60. The SMILES string of the molecule is Cc1cccc(C)c1-n1c(=O)c2ccccc2n2c(SCC(=O)N3CC(C)CC(C)C3)nnc12. The number of likely N-dealkylation sites (tertiary alicyclic amines) is 1. The first-order valence-corrected chi connectivity index (χ1v) is 12.7. The molecule has 0 spiro atoms. The number of hydrogen-bond donors (Lipinski definition) is 0. The molecule has 1 fully saturated rings. The van der Waals surface area contributed by atoms with Crippen LogP contribution in [0.25, 0.3) is 22.4 Å². The first-order chi connectivity index (χ1) is 16.3. The van der Waals surface area contributed by atoms with Crippen LogP contribution in [-0.2, 0) is 4.79 Å². The second-order valence-corrected chi connectivity index (χ2v) is 10.5. The number of nitrogens with zero attached hydrogens (tertiary/aromatic N) is 5. The number of benzene rings is 2. The number of aryl methyl sites for hydroxylation is 2. The largest absolute Gasteiger partial charge is 0.341 e. The third kappa shape index (κ3) is 3.90. The highest BCUT2D eigenvalue weighted by Crippen LogP contribution is 2.27. The van der Waals surface area contributed by atoms with E-state index in [1.54, 1.807) is 4.57 Å². The minimum Gasteiger partial charge on any atom is -0.341 e. The van der Waals surface area contributed by atoms with Gasteiger partial charge in [-0.3, -0.25) is 14.0 Å². The predicted octanol–water partition coefficient (Wildman–Crippen LogP) is 4.25. The van der Waals surface area contributed by atoms with Crippen LogP contribution in [0.5, 0.6) is 0 Å². The molecule has 34 heavy (non-hydrogen) atoms. The van der Waals surface area contributed by atoms with Gasteiger partial charge in [0.2, 0.25) is 11.7 Å². The second-order valence-electron chi connectivity index (χ2n) is 9.55. The molecule has 2 aromatic heterocycles. The summed E-state index contributed by atoms with van der Waals surface area (Å²) in [7, 11) is 0. The van der Waals surface area contributed by atoms with E-state index in [0.717, 1.165) is 41.8 Å². The molecule has 2 aromatic carbocycles. The summed E-state index contributed by atoms with van der Waals surface area (Å²) in [6.07, 6.45) is 1.16. The molecule has 1 aliphatic rings. The molecule has 2 unspecified atom stereocenters. The highest BCUT2D eigenvalue weighted by molar-refractivity contribution is 7.99. The average molecular weight is 476 g/mol. The number of amides is 1. The van der Waals surface area contributed by atoms with Crippen molar-refractivity contribution in [2.75, 3.05) is 18.8 Å². The first-order valence-electron chi connectivity index (χ1n) is 11.7. The fourth-order valence-electron chi connectivity index (χ4n) is 5.22. The molecule has 0 saturated carbocycles. The number of hydrogen-bond acceptors (Lipinski definition) is 5. The van der Waals surface area contributed by atoms with E-state index in [4.69, 9.17) is 0 Å². The average Bonchev–Trinajstić information content (AvgIpc) is 3.22. The van der Waals surface area contributed by atoms with Crippen LogP contribution in [0.1, 0.15) is 31.4 Å². The number of carbonyl (C=O) groups is 1. The normalized spacial score (nSPS) is 18.6. The van der Waals surface area contributed by atoms with Gasteiger partial charge in [-0.1, -0.05) is 55.9 Å². The zero-order chi connectivity index (χ0) is 24.0. The van der Waals surface area contributed by atoms with Gasteiger partial charge in [0.1, 0.15) is 0 Å². The molecular formula is C26H29N5O2S. The van der Waals surface area contributed by atoms with Crippen molar-refractivity contribution in [1.82, 2.24) is 24.1 Å². The zero-order valence-corrected chi connectivity index (χ0v) is 20.8. The molecule has 2 atom stereocenters. The molecule has 4 aromatic rings. The Hall–Kier alpha value is -3.13. The topological polar surface area (TPSA) is 72.5 Å². The Morgan fingerprint density at radius 1 is 1.00 bits per heavy atom. The third-order valence-corrected chi connectivity index (χ3v) is 7.52. The van der Waals surface area contributed by atoms with Gasteiger partial charge in [0.25, 0.3) is 5.56 Å². The van der Waals surface area contributed by atoms with Crippen molar-refractivity contribution in [3.8, 4) is 5.69 Å². The van der Waals surface area contributed by atoms with Gasteiger partial charge >= 0.3 is 0 Å². The molecule has 7 nitrogen and oxygen atoms in total. The quantitative estimate of drug-likeness (QED) is 0.413. The molecule has 3 heterocycles. The molecule has 0 bridgehead atoms. The van der Waals surface area contributed by atoms with Gasteiger partial charge in [-0.05, 0) is 55.4 Å². The number of fused-ring (bicyclic) bond motifs is 3. The van der Waals surface area contributed by atoms with Gasteiger partial charge in [-0.25, -0.2) is 4.57 Å². The van der Waals surface area contributed by atoms with E-state index in [9.17, 15) is 9.59 Å². The van der Waals surface area contributed by atoms with Crippen molar-refractivity contribution >= 4 is 34.3 Å². The smallest absolute Gasteiger partial charge is 0.267 e. The highest BCUT2D eigenvalue weighted by atomic mass is 32.2. The van der Waals surface area contributed by atoms with E-state index in [1.807, 2.05) is 65.6 Å².